The molecular weight excluding hydrogens is 366 g/mol. The van der Waals surface area contributed by atoms with E-state index >= 15 is 0 Å². The molecule has 1 aromatic heterocycles. The van der Waals surface area contributed by atoms with Crippen molar-refractivity contribution < 1.29 is 14.1 Å². The van der Waals surface area contributed by atoms with E-state index in [1.807, 2.05) is 61.5 Å². The Bertz CT molecular complexity index is 1110. The lowest BCUT2D eigenvalue weighted by Gasteiger charge is -2.10. The van der Waals surface area contributed by atoms with Crippen LogP contribution < -0.4 is 10.1 Å². The number of hydrogen-bond donors (Lipinski definition) is 1. The fourth-order valence-corrected chi connectivity index (χ4v) is 2.77. The summed E-state index contributed by atoms with van der Waals surface area (Å²) in [6.45, 7) is 2.06. The van der Waals surface area contributed by atoms with Crippen LogP contribution in [0.1, 0.15) is 21.8 Å². The van der Waals surface area contributed by atoms with Gasteiger partial charge in [0.05, 0.1) is 5.56 Å². The topological polar surface area (TPSA) is 77.2 Å². The number of carbonyl (C=O) groups is 1. The Balaban J connectivity index is 1.45. The second-order valence-corrected chi connectivity index (χ2v) is 6.48. The highest BCUT2D eigenvalue weighted by molar-refractivity contribution is 6.06. The Morgan fingerprint density at radius 2 is 1.69 bits per heavy atom. The number of rotatable bonds is 6. The smallest absolute Gasteiger partial charge is 0.264 e. The average molecular weight is 385 g/mol. The number of ether oxygens (including phenoxy) is 1. The van der Waals surface area contributed by atoms with E-state index in [9.17, 15) is 4.79 Å². The minimum Gasteiger partial charge on any atom is -0.483 e. The number of nitrogens with zero attached hydrogens (tertiary/aromatic N) is 2. The lowest BCUT2D eigenvalue weighted by Crippen LogP contribution is -2.13. The SMILES string of the molecule is Cc1ccc(NC(=O)c2ccccc2OCc2nc(-c3ccccc3)no2)cc1. The maximum Gasteiger partial charge on any atom is 0.264 e. The molecule has 6 heteroatoms. The standard InChI is InChI=1S/C23H19N3O3/c1-16-11-13-18(14-12-16)24-23(27)19-9-5-6-10-20(19)28-15-21-25-22(26-29-21)17-7-3-2-4-8-17/h2-14H,15H2,1H3,(H,24,27). The van der Waals surface area contributed by atoms with Crippen molar-refractivity contribution in [2.45, 2.75) is 13.5 Å². The summed E-state index contributed by atoms with van der Waals surface area (Å²) in [5, 5.41) is 6.85. The van der Waals surface area contributed by atoms with Gasteiger partial charge in [-0.05, 0) is 31.2 Å². The number of benzene rings is 3. The number of aromatic nitrogens is 2. The summed E-state index contributed by atoms with van der Waals surface area (Å²) in [5.74, 6) is 1.02. The van der Waals surface area contributed by atoms with Gasteiger partial charge < -0.3 is 14.6 Å². The molecule has 0 bridgehead atoms. The molecule has 0 saturated carbocycles. The van der Waals surface area contributed by atoms with Crippen LogP contribution in [0.2, 0.25) is 0 Å². The van der Waals surface area contributed by atoms with Crippen molar-refractivity contribution in [1.29, 1.82) is 0 Å². The Kier molecular flexibility index (Phi) is 5.33. The number of hydrogen-bond acceptors (Lipinski definition) is 5. The minimum absolute atomic E-state index is 0.0641. The molecule has 4 aromatic rings. The highest BCUT2D eigenvalue weighted by Gasteiger charge is 2.14. The van der Waals surface area contributed by atoms with E-state index in [1.54, 1.807) is 24.3 Å². The van der Waals surface area contributed by atoms with Gasteiger partial charge in [-0.3, -0.25) is 4.79 Å². The van der Waals surface area contributed by atoms with Crippen LogP contribution in [-0.4, -0.2) is 16.0 Å². The van der Waals surface area contributed by atoms with Crippen LogP contribution in [0.15, 0.2) is 83.4 Å². The summed E-state index contributed by atoms with van der Waals surface area (Å²) >= 11 is 0. The summed E-state index contributed by atoms with van der Waals surface area (Å²) in [4.78, 5) is 17.0. The van der Waals surface area contributed by atoms with Gasteiger partial charge in [0.2, 0.25) is 5.82 Å². The Labute approximate surface area is 168 Å². The third-order valence-corrected chi connectivity index (χ3v) is 4.29. The molecule has 0 fully saturated rings. The third kappa shape index (κ3) is 4.50. The molecule has 3 aromatic carbocycles. The molecule has 144 valence electrons. The van der Waals surface area contributed by atoms with Gasteiger partial charge in [-0.2, -0.15) is 4.98 Å². The quantitative estimate of drug-likeness (QED) is 0.512. The molecule has 0 radical (unpaired) electrons. The van der Waals surface area contributed by atoms with Gasteiger partial charge in [0.15, 0.2) is 6.61 Å². The lowest BCUT2D eigenvalue weighted by molar-refractivity contribution is 0.102. The van der Waals surface area contributed by atoms with Crippen molar-refractivity contribution in [2.75, 3.05) is 5.32 Å². The van der Waals surface area contributed by atoms with E-state index in [0.29, 0.717) is 23.0 Å². The normalized spacial score (nSPS) is 10.5. The molecule has 29 heavy (non-hydrogen) atoms. The highest BCUT2D eigenvalue weighted by atomic mass is 16.5. The molecule has 1 heterocycles. The minimum atomic E-state index is -0.250. The zero-order valence-corrected chi connectivity index (χ0v) is 15.8. The summed E-state index contributed by atoms with van der Waals surface area (Å²) in [5.41, 5.74) is 3.14. The first-order valence-corrected chi connectivity index (χ1v) is 9.17. The molecule has 0 aliphatic heterocycles. The predicted octanol–water partition coefficient (Wildman–Crippen LogP) is 4.88. The first kappa shape index (κ1) is 18.4. The van der Waals surface area contributed by atoms with E-state index in [2.05, 4.69) is 15.5 Å². The van der Waals surface area contributed by atoms with Gasteiger partial charge >= 0.3 is 0 Å². The average Bonchev–Trinajstić information content (AvgIpc) is 3.24. The second-order valence-electron chi connectivity index (χ2n) is 6.48. The molecule has 0 atom stereocenters. The number of aryl methyl sites for hydroxylation is 1. The maximum absolute atomic E-state index is 12.7. The molecule has 6 nitrogen and oxygen atoms in total. The van der Waals surface area contributed by atoms with Gasteiger partial charge in [0.25, 0.3) is 11.8 Å². The number of para-hydroxylation sites is 1. The molecule has 0 saturated heterocycles. The van der Waals surface area contributed by atoms with Crippen LogP contribution in [-0.2, 0) is 6.61 Å². The van der Waals surface area contributed by atoms with Crippen molar-refractivity contribution in [2.24, 2.45) is 0 Å². The zero-order chi connectivity index (χ0) is 20.1. The Morgan fingerprint density at radius 3 is 2.48 bits per heavy atom. The van der Waals surface area contributed by atoms with Crippen LogP contribution in [0.25, 0.3) is 11.4 Å². The molecule has 1 amide bonds. The van der Waals surface area contributed by atoms with Crippen LogP contribution in [0.4, 0.5) is 5.69 Å². The zero-order valence-electron chi connectivity index (χ0n) is 15.8. The lowest BCUT2D eigenvalue weighted by atomic mass is 10.1. The fourth-order valence-electron chi connectivity index (χ4n) is 2.77. The van der Waals surface area contributed by atoms with Crippen LogP contribution in [0.3, 0.4) is 0 Å². The fraction of sp³-hybridized carbons (Fsp3) is 0.0870. The van der Waals surface area contributed by atoms with Gasteiger partial charge in [-0.1, -0.05) is 65.3 Å². The molecule has 0 aliphatic carbocycles. The number of carbonyl (C=O) groups excluding carboxylic acids is 1. The number of anilines is 1. The molecule has 4 rings (SSSR count). The van der Waals surface area contributed by atoms with Crippen molar-refractivity contribution in [1.82, 2.24) is 10.1 Å². The highest BCUT2D eigenvalue weighted by Crippen LogP contribution is 2.22. The van der Waals surface area contributed by atoms with Crippen molar-refractivity contribution in [3.8, 4) is 17.1 Å². The molecule has 0 aliphatic rings. The van der Waals surface area contributed by atoms with Gasteiger partial charge in [-0.25, -0.2) is 0 Å². The molecule has 0 unspecified atom stereocenters. The van der Waals surface area contributed by atoms with Crippen LogP contribution >= 0.6 is 0 Å². The summed E-state index contributed by atoms with van der Waals surface area (Å²) in [7, 11) is 0. The van der Waals surface area contributed by atoms with E-state index < -0.39 is 0 Å². The van der Waals surface area contributed by atoms with Crippen LogP contribution in [0.5, 0.6) is 5.75 Å². The van der Waals surface area contributed by atoms with E-state index in [0.717, 1.165) is 16.8 Å². The van der Waals surface area contributed by atoms with E-state index in [-0.39, 0.29) is 12.5 Å². The van der Waals surface area contributed by atoms with E-state index in [1.165, 1.54) is 0 Å². The van der Waals surface area contributed by atoms with Crippen LogP contribution in [0, 0.1) is 6.92 Å². The molecular formula is C23H19N3O3. The summed E-state index contributed by atoms with van der Waals surface area (Å²) < 4.78 is 11.1. The number of amides is 1. The largest absolute Gasteiger partial charge is 0.483 e. The maximum atomic E-state index is 12.7. The number of nitrogens with one attached hydrogen (secondary N) is 1. The van der Waals surface area contributed by atoms with Crippen molar-refractivity contribution in [3.63, 3.8) is 0 Å². The van der Waals surface area contributed by atoms with Gasteiger partial charge in [0.1, 0.15) is 5.75 Å². The third-order valence-electron chi connectivity index (χ3n) is 4.29. The summed E-state index contributed by atoms with van der Waals surface area (Å²) in [6.07, 6.45) is 0. The Hall–Kier alpha value is -3.93. The molecule has 1 N–H and O–H groups in total. The van der Waals surface area contributed by atoms with Crippen molar-refractivity contribution in [3.05, 3.63) is 95.9 Å². The van der Waals surface area contributed by atoms with Gasteiger partial charge in [0, 0.05) is 11.3 Å². The Morgan fingerprint density at radius 1 is 0.966 bits per heavy atom. The van der Waals surface area contributed by atoms with Crippen molar-refractivity contribution >= 4 is 11.6 Å². The monoisotopic (exact) mass is 385 g/mol. The van der Waals surface area contributed by atoms with E-state index in [4.69, 9.17) is 9.26 Å². The first-order chi connectivity index (χ1) is 14.2. The first-order valence-electron chi connectivity index (χ1n) is 9.17. The van der Waals surface area contributed by atoms with Gasteiger partial charge in [-0.15, -0.1) is 0 Å². The second kappa shape index (κ2) is 8.39. The summed E-state index contributed by atoms with van der Waals surface area (Å²) in [6, 6.07) is 24.2. The predicted molar refractivity (Wildman–Crippen MR) is 110 cm³/mol. The molecule has 0 spiro atoms.